The van der Waals surface area contributed by atoms with Gasteiger partial charge in [0.25, 0.3) is 5.91 Å². The molecule has 0 spiro atoms. The monoisotopic (exact) mass is 505 g/mol. The number of ketones is 1. The van der Waals surface area contributed by atoms with Gasteiger partial charge in [0.05, 0.1) is 23.2 Å². The zero-order valence-electron chi connectivity index (χ0n) is 21.4. The molecule has 1 aromatic carbocycles. The highest BCUT2D eigenvalue weighted by atomic mass is 35.5. The van der Waals surface area contributed by atoms with E-state index in [-0.39, 0.29) is 24.3 Å². The van der Waals surface area contributed by atoms with Gasteiger partial charge in [0, 0.05) is 54.0 Å². The van der Waals surface area contributed by atoms with Crippen LogP contribution in [0.1, 0.15) is 63.4 Å². The van der Waals surface area contributed by atoms with Crippen molar-refractivity contribution in [2.24, 2.45) is 0 Å². The second kappa shape index (κ2) is 10.7. The Balaban J connectivity index is 1.77. The molecular formula is C29H32ClN3O3. The number of aromatic nitrogens is 2. The van der Waals surface area contributed by atoms with Crippen LogP contribution in [0.2, 0.25) is 5.02 Å². The molecule has 4 rings (SSSR count). The fourth-order valence-electron chi connectivity index (χ4n) is 4.73. The lowest BCUT2D eigenvalue weighted by molar-refractivity contribution is -0.115. The molecule has 0 atom stereocenters. The Morgan fingerprint density at radius 2 is 2.03 bits per heavy atom. The van der Waals surface area contributed by atoms with E-state index in [1.54, 1.807) is 19.4 Å². The summed E-state index contributed by atoms with van der Waals surface area (Å²) in [6.07, 6.45) is 7.81. The van der Waals surface area contributed by atoms with Gasteiger partial charge in [0.2, 0.25) is 5.88 Å². The van der Waals surface area contributed by atoms with Gasteiger partial charge in [-0.25, -0.2) is 4.98 Å². The molecule has 1 aliphatic carbocycles. The summed E-state index contributed by atoms with van der Waals surface area (Å²) in [7, 11) is 1.57. The van der Waals surface area contributed by atoms with Crippen molar-refractivity contribution in [2.45, 2.75) is 53.0 Å². The zero-order chi connectivity index (χ0) is 26.0. The maximum absolute atomic E-state index is 13.6. The predicted molar refractivity (Wildman–Crippen MR) is 145 cm³/mol. The van der Waals surface area contributed by atoms with Crippen molar-refractivity contribution in [1.29, 1.82) is 0 Å². The largest absolute Gasteiger partial charge is 0.481 e. The number of rotatable bonds is 8. The van der Waals surface area contributed by atoms with Crippen molar-refractivity contribution in [1.82, 2.24) is 14.9 Å². The van der Waals surface area contributed by atoms with E-state index in [9.17, 15) is 9.59 Å². The lowest BCUT2D eigenvalue weighted by Gasteiger charge is -2.18. The number of hydrogen-bond donors (Lipinski definition) is 1. The number of nitrogens with zero attached hydrogens (tertiary/aromatic N) is 2. The van der Waals surface area contributed by atoms with Crippen LogP contribution in [-0.2, 0) is 4.79 Å². The molecule has 0 unspecified atom stereocenters. The van der Waals surface area contributed by atoms with E-state index in [1.165, 1.54) is 0 Å². The minimum atomic E-state index is -0.269. The van der Waals surface area contributed by atoms with Crippen molar-refractivity contribution in [2.75, 3.05) is 13.7 Å². The first-order valence-electron chi connectivity index (χ1n) is 12.3. The summed E-state index contributed by atoms with van der Waals surface area (Å²) >= 11 is 6.66. The Labute approximate surface area is 217 Å². The lowest BCUT2D eigenvalue weighted by atomic mass is 9.89. The maximum atomic E-state index is 13.6. The number of methoxy groups -OCH3 is 1. The van der Waals surface area contributed by atoms with Gasteiger partial charge >= 0.3 is 0 Å². The van der Waals surface area contributed by atoms with Gasteiger partial charge in [-0.1, -0.05) is 36.6 Å². The number of benzene rings is 1. The average molecular weight is 506 g/mol. The standard InChI is InChI=1S/C29H32ClN3O3/c1-6-7-19-10-18(4)11-26(34)23(19)15-32-29(35)22-12-21(20-8-9-27(36-5)31-14-20)13-25-28(22)24(30)16-33(25)17(2)3/h8-10,12-14,16-17H,6-7,11,15H2,1-5H3,(H,32,35). The van der Waals surface area contributed by atoms with Crippen molar-refractivity contribution in [3.05, 3.63) is 70.0 Å². The molecule has 1 aliphatic rings. The van der Waals surface area contributed by atoms with Crippen LogP contribution in [0, 0.1) is 0 Å². The van der Waals surface area contributed by atoms with Crippen molar-refractivity contribution < 1.29 is 14.3 Å². The summed E-state index contributed by atoms with van der Waals surface area (Å²) in [6.45, 7) is 8.39. The Morgan fingerprint density at radius 1 is 1.25 bits per heavy atom. The number of hydrogen-bond acceptors (Lipinski definition) is 4. The molecule has 0 aliphatic heterocycles. The zero-order valence-corrected chi connectivity index (χ0v) is 22.2. The molecule has 6 nitrogen and oxygen atoms in total. The minimum Gasteiger partial charge on any atom is -0.481 e. The molecule has 1 N–H and O–H groups in total. The minimum absolute atomic E-state index is 0.0750. The SMILES string of the molecule is CCCC1=C(CNC(=O)c2cc(-c3ccc(OC)nc3)cc3c2c(Cl)cn3C(C)C)C(=O)CC(C)=C1. The quantitative estimate of drug-likeness (QED) is 0.370. The van der Waals surface area contributed by atoms with E-state index >= 15 is 0 Å². The third-order valence-corrected chi connectivity index (χ3v) is 6.78. The first kappa shape index (κ1) is 25.7. The summed E-state index contributed by atoms with van der Waals surface area (Å²) in [4.78, 5) is 30.7. The molecule has 0 fully saturated rings. The van der Waals surface area contributed by atoms with Crippen molar-refractivity contribution >= 4 is 34.2 Å². The van der Waals surface area contributed by atoms with Gasteiger partial charge in [-0.3, -0.25) is 9.59 Å². The Kier molecular flexibility index (Phi) is 7.65. The van der Waals surface area contributed by atoms with E-state index in [4.69, 9.17) is 16.3 Å². The molecule has 188 valence electrons. The molecular weight excluding hydrogens is 474 g/mol. The molecule has 0 bridgehead atoms. The number of fused-ring (bicyclic) bond motifs is 1. The first-order chi connectivity index (χ1) is 17.2. The average Bonchev–Trinajstić information content (AvgIpc) is 3.19. The van der Waals surface area contributed by atoms with Gasteiger partial charge in [-0.15, -0.1) is 0 Å². The number of carbonyl (C=O) groups excluding carboxylic acids is 2. The van der Waals surface area contributed by atoms with Crippen LogP contribution in [0.25, 0.3) is 22.0 Å². The van der Waals surface area contributed by atoms with Crippen molar-refractivity contribution in [3.63, 3.8) is 0 Å². The summed E-state index contributed by atoms with van der Waals surface area (Å²) in [5, 5.41) is 4.22. The number of halogens is 1. The highest BCUT2D eigenvalue weighted by Crippen LogP contribution is 2.35. The Hall–Kier alpha value is -3.38. The second-order valence-corrected chi connectivity index (χ2v) is 9.92. The number of pyridine rings is 1. The van der Waals surface area contributed by atoms with E-state index in [2.05, 4.69) is 41.7 Å². The summed E-state index contributed by atoms with van der Waals surface area (Å²) in [5.41, 5.74) is 5.80. The molecule has 3 aromatic rings. The van der Waals surface area contributed by atoms with Crippen LogP contribution < -0.4 is 10.1 Å². The van der Waals surface area contributed by atoms with Crippen LogP contribution >= 0.6 is 11.6 Å². The van der Waals surface area contributed by atoms with Crippen LogP contribution in [0.4, 0.5) is 0 Å². The summed E-state index contributed by atoms with van der Waals surface area (Å²) in [6, 6.07) is 7.72. The number of Topliss-reactive ketones (excluding diaryl/α,β-unsaturated/α-hetero) is 1. The third-order valence-electron chi connectivity index (χ3n) is 6.50. The van der Waals surface area contributed by atoms with E-state index < -0.39 is 0 Å². The van der Waals surface area contributed by atoms with E-state index in [0.717, 1.165) is 40.6 Å². The summed E-state index contributed by atoms with van der Waals surface area (Å²) in [5.74, 6) is 0.323. The van der Waals surface area contributed by atoms with Crippen LogP contribution in [0.3, 0.4) is 0 Å². The number of nitrogens with one attached hydrogen (secondary N) is 1. The molecule has 0 saturated carbocycles. The smallest absolute Gasteiger partial charge is 0.252 e. The van der Waals surface area contributed by atoms with Crippen molar-refractivity contribution in [3.8, 4) is 17.0 Å². The number of allylic oxidation sites excluding steroid dienone is 3. The fourth-order valence-corrected chi connectivity index (χ4v) is 5.03. The number of ether oxygens (including phenoxy) is 1. The normalized spacial score (nSPS) is 14.0. The Bertz CT molecular complexity index is 1380. The molecule has 0 saturated heterocycles. The van der Waals surface area contributed by atoms with Crippen LogP contribution in [-0.4, -0.2) is 34.9 Å². The molecule has 2 heterocycles. The molecule has 7 heteroatoms. The second-order valence-electron chi connectivity index (χ2n) is 9.51. The number of carbonyl (C=O) groups is 2. The molecule has 2 aromatic heterocycles. The van der Waals surface area contributed by atoms with E-state index in [1.807, 2.05) is 31.3 Å². The molecule has 36 heavy (non-hydrogen) atoms. The highest BCUT2D eigenvalue weighted by molar-refractivity contribution is 6.37. The van der Waals surface area contributed by atoms with Crippen LogP contribution in [0.5, 0.6) is 5.88 Å². The summed E-state index contributed by atoms with van der Waals surface area (Å²) < 4.78 is 7.25. The fraction of sp³-hybridized carbons (Fsp3) is 0.345. The van der Waals surface area contributed by atoms with Gasteiger partial charge < -0.3 is 14.6 Å². The van der Waals surface area contributed by atoms with Gasteiger partial charge in [0.1, 0.15) is 0 Å². The number of amides is 1. The highest BCUT2D eigenvalue weighted by Gasteiger charge is 2.23. The topological polar surface area (TPSA) is 73.2 Å². The lowest BCUT2D eigenvalue weighted by Crippen LogP contribution is -2.29. The molecule has 1 amide bonds. The third kappa shape index (κ3) is 5.09. The molecule has 0 radical (unpaired) electrons. The van der Waals surface area contributed by atoms with Gasteiger partial charge in [-0.2, -0.15) is 0 Å². The van der Waals surface area contributed by atoms with E-state index in [0.29, 0.717) is 33.8 Å². The predicted octanol–water partition coefficient (Wildman–Crippen LogP) is 6.69. The Morgan fingerprint density at radius 3 is 2.67 bits per heavy atom. The first-order valence-corrected chi connectivity index (χ1v) is 12.7. The van der Waals surface area contributed by atoms with Gasteiger partial charge in [-0.05, 0) is 56.5 Å². The maximum Gasteiger partial charge on any atom is 0.252 e. The van der Waals surface area contributed by atoms with Crippen LogP contribution in [0.15, 0.2) is 59.5 Å². The van der Waals surface area contributed by atoms with Gasteiger partial charge in [0.15, 0.2) is 5.78 Å².